The lowest BCUT2D eigenvalue weighted by Gasteiger charge is -2.21. The summed E-state index contributed by atoms with van der Waals surface area (Å²) in [5, 5.41) is 11.9. The van der Waals surface area contributed by atoms with Crippen LogP contribution in [0.25, 0.3) is 21.8 Å². The van der Waals surface area contributed by atoms with Crippen LogP contribution in [-0.2, 0) is 12.8 Å². The summed E-state index contributed by atoms with van der Waals surface area (Å²) < 4.78 is 13.5. The number of aryl methyl sites for hydroxylation is 1. The molecule has 0 radical (unpaired) electrons. The lowest BCUT2D eigenvalue weighted by Crippen LogP contribution is -2.24. The maximum absolute atomic E-state index is 13.5. The number of hydrogen-bond donors (Lipinski definition) is 3. The zero-order valence-electron chi connectivity index (χ0n) is 23.9. The van der Waals surface area contributed by atoms with Gasteiger partial charge in [0.25, 0.3) is 5.91 Å². The molecule has 3 aromatic carbocycles. The Morgan fingerprint density at radius 2 is 1.70 bits per heavy atom. The van der Waals surface area contributed by atoms with Gasteiger partial charge in [0.1, 0.15) is 18.0 Å². The molecule has 0 atom stereocenters. The highest BCUT2D eigenvalue weighted by atomic mass is 35.5. The van der Waals surface area contributed by atoms with Crippen molar-refractivity contribution >= 4 is 56.5 Å². The predicted molar refractivity (Wildman–Crippen MR) is 172 cm³/mol. The Labute approximate surface area is 255 Å². The number of fused-ring (bicyclic) bond motifs is 3. The molecule has 0 bridgehead atoms. The van der Waals surface area contributed by atoms with Crippen molar-refractivity contribution in [3.8, 4) is 0 Å². The van der Waals surface area contributed by atoms with Crippen LogP contribution in [0.1, 0.15) is 60.1 Å². The minimum Gasteiger partial charge on any atom is -0.384 e. The van der Waals surface area contributed by atoms with E-state index >= 15 is 0 Å². The molecule has 0 fully saturated rings. The molecule has 2 heterocycles. The van der Waals surface area contributed by atoms with Crippen molar-refractivity contribution in [3.05, 3.63) is 94.7 Å². The second-order valence-electron chi connectivity index (χ2n) is 10.9. The molecule has 0 spiro atoms. The van der Waals surface area contributed by atoms with Crippen LogP contribution in [0.2, 0.25) is 5.02 Å². The van der Waals surface area contributed by atoms with Gasteiger partial charge in [0.05, 0.1) is 16.1 Å². The standard InChI is InChI=1S/C34H34ClFN6O/c35-27-20-23(14-16-28(27)36)41-33-26-15-13-22(19-31(26)39-21-40-33)34(43)38-18-8-2-1-7-17-37-32-24-9-3-5-11-29(24)42-30-12-6-4-10-25(30)32/h3,5,9,11,13-16,19-21H,1-2,4,6-8,10,12,17-18H2,(H,37,42)(H,38,43)(H,39,40,41). The number of pyridine rings is 1. The van der Waals surface area contributed by atoms with E-state index in [0.717, 1.165) is 56.0 Å². The Kier molecular flexibility index (Phi) is 8.93. The van der Waals surface area contributed by atoms with E-state index in [2.05, 4.69) is 50.2 Å². The first-order valence-corrected chi connectivity index (χ1v) is 15.3. The molecule has 9 heteroatoms. The average Bonchev–Trinajstić information content (AvgIpc) is 3.03. The van der Waals surface area contributed by atoms with E-state index in [0.29, 0.717) is 29.1 Å². The number of hydrogen-bond acceptors (Lipinski definition) is 6. The first-order valence-electron chi connectivity index (χ1n) is 15.0. The van der Waals surface area contributed by atoms with Gasteiger partial charge in [0.15, 0.2) is 0 Å². The highest BCUT2D eigenvalue weighted by Crippen LogP contribution is 2.33. The Morgan fingerprint density at radius 1 is 0.860 bits per heavy atom. The van der Waals surface area contributed by atoms with Crippen molar-refractivity contribution in [2.45, 2.75) is 51.4 Å². The molecule has 220 valence electrons. The number of nitrogens with zero attached hydrogens (tertiary/aromatic N) is 3. The number of carbonyl (C=O) groups excluding carboxylic acids is 1. The largest absolute Gasteiger partial charge is 0.384 e. The first-order chi connectivity index (χ1) is 21.1. The second kappa shape index (κ2) is 13.3. The number of unbranched alkanes of at least 4 members (excludes halogenated alkanes) is 3. The van der Waals surface area contributed by atoms with Gasteiger partial charge in [-0.1, -0.05) is 42.6 Å². The minimum atomic E-state index is -0.486. The van der Waals surface area contributed by atoms with Crippen LogP contribution in [0.15, 0.2) is 67.0 Å². The van der Waals surface area contributed by atoms with Crippen molar-refractivity contribution in [3.63, 3.8) is 0 Å². The number of carbonyl (C=O) groups is 1. The number of aromatic nitrogens is 3. The van der Waals surface area contributed by atoms with Crippen molar-refractivity contribution in [1.29, 1.82) is 0 Å². The second-order valence-corrected chi connectivity index (χ2v) is 11.3. The van der Waals surface area contributed by atoms with Gasteiger partial charge in [0.2, 0.25) is 0 Å². The molecule has 1 amide bonds. The Hall–Kier alpha value is -4.30. The number of halogens is 2. The van der Waals surface area contributed by atoms with Crippen LogP contribution < -0.4 is 16.0 Å². The summed E-state index contributed by atoms with van der Waals surface area (Å²) >= 11 is 5.90. The SMILES string of the molecule is O=C(NCCCCCCNc1c2c(nc3ccccc13)CCCC2)c1ccc2c(Nc3ccc(F)c(Cl)c3)ncnc2c1. The summed E-state index contributed by atoms with van der Waals surface area (Å²) in [6, 6.07) is 18.1. The van der Waals surface area contributed by atoms with Crippen LogP contribution in [-0.4, -0.2) is 33.9 Å². The van der Waals surface area contributed by atoms with Gasteiger partial charge >= 0.3 is 0 Å². The van der Waals surface area contributed by atoms with E-state index in [-0.39, 0.29) is 10.9 Å². The predicted octanol–water partition coefficient (Wildman–Crippen LogP) is 8.00. The average molecular weight is 597 g/mol. The van der Waals surface area contributed by atoms with E-state index in [1.165, 1.54) is 53.6 Å². The number of rotatable bonds is 11. The molecule has 0 aliphatic heterocycles. The molecule has 2 aromatic heterocycles. The Bertz CT molecular complexity index is 1780. The zero-order valence-corrected chi connectivity index (χ0v) is 24.7. The summed E-state index contributed by atoms with van der Waals surface area (Å²) in [5.74, 6) is -0.0670. The van der Waals surface area contributed by atoms with E-state index < -0.39 is 5.82 Å². The van der Waals surface area contributed by atoms with Crippen LogP contribution in [0.4, 0.5) is 21.6 Å². The lowest BCUT2D eigenvalue weighted by atomic mass is 9.92. The quantitative estimate of drug-likeness (QED) is 0.134. The smallest absolute Gasteiger partial charge is 0.251 e. The molecule has 3 N–H and O–H groups in total. The molecule has 0 saturated heterocycles. The van der Waals surface area contributed by atoms with Crippen molar-refractivity contribution in [2.24, 2.45) is 0 Å². The summed E-state index contributed by atoms with van der Waals surface area (Å²) in [6.07, 6.45) is 10.2. The third kappa shape index (κ3) is 6.70. The van der Waals surface area contributed by atoms with Gasteiger partial charge in [-0.25, -0.2) is 14.4 Å². The molecule has 1 aliphatic rings. The maximum atomic E-state index is 13.5. The summed E-state index contributed by atoms with van der Waals surface area (Å²) in [6.45, 7) is 1.55. The molecular weight excluding hydrogens is 563 g/mol. The normalized spacial score (nSPS) is 12.7. The highest BCUT2D eigenvalue weighted by Gasteiger charge is 2.18. The van der Waals surface area contributed by atoms with Crippen molar-refractivity contribution < 1.29 is 9.18 Å². The highest BCUT2D eigenvalue weighted by molar-refractivity contribution is 6.31. The lowest BCUT2D eigenvalue weighted by molar-refractivity contribution is 0.0953. The Morgan fingerprint density at radius 3 is 2.58 bits per heavy atom. The van der Waals surface area contributed by atoms with Gasteiger partial charge < -0.3 is 16.0 Å². The summed E-state index contributed by atoms with van der Waals surface area (Å²) in [7, 11) is 0. The molecule has 6 rings (SSSR count). The van der Waals surface area contributed by atoms with E-state index in [1.807, 2.05) is 6.07 Å². The molecule has 0 saturated carbocycles. The van der Waals surface area contributed by atoms with Gasteiger partial charge in [-0.3, -0.25) is 9.78 Å². The molecule has 43 heavy (non-hydrogen) atoms. The van der Waals surface area contributed by atoms with Gasteiger partial charge in [-0.15, -0.1) is 0 Å². The van der Waals surface area contributed by atoms with Gasteiger partial charge in [0, 0.05) is 46.5 Å². The topological polar surface area (TPSA) is 91.8 Å². The number of benzene rings is 3. The number of amides is 1. The number of nitrogens with one attached hydrogen (secondary N) is 3. The number of para-hydroxylation sites is 1. The molecule has 5 aromatic rings. The van der Waals surface area contributed by atoms with Crippen molar-refractivity contribution in [2.75, 3.05) is 23.7 Å². The maximum Gasteiger partial charge on any atom is 0.251 e. The minimum absolute atomic E-state index is 0.0240. The summed E-state index contributed by atoms with van der Waals surface area (Å²) in [4.78, 5) is 26.4. The molecule has 7 nitrogen and oxygen atoms in total. The van der Waals surface area contributed by atoms with Crippen LogP contribution in [0.5, 0.6) is 0 Å². The fourth-order valence-corrected chi connectivity index (χ4v) is 5.88. The fourth-order valence-electron chi connectivity index (χ4n) is 5.70. The molecule has 0 unspecified atom stereocenters. The van der Waals surface area contributed by atoms with Gasteiger partial charge in [-0.2, -0.15) is 0 Å². The van der Waals surface area contributed by atoms with Crippen LogP contribution >= 0.6 is 11.6 Å². The van der Waals surface area contributed by atoms with E-state index in [9.17, 15) is 9.18 Å². The monoisotopic (exact) mass is 596 g/mol. The third-order valence-corrected chi connectivity index (χ3v) is 8.23. The Balaban J connectivity index is 0.965. The van der Waals surface area contributed by atoms with Crippen molar-refractivity contribution in [1.82, 2.24) is 20.3 Å². The van der Waals surface area contributed by atoms with Crippen LogP contribution in [0, 0.1) is 5.82 Å². The van der Waals surface area contributed by atoms with E-state index in [1.54, 1.807) is 18.2 Å². The first kappa shape index (κ1) is 28.8. The zero-order chi connectivity index (χ0) is 29.6. The van der Waals surface area contributed by atoms with E-state index in [4.69, 9.17) is 16.6 Å². The molecule has 1 aliphatic carbocycles. The number of anilines is 3. The summed E-state index contributed by atoms with van der Waals surface area (Å²) in [5.41, 5.74) is 6.79. The fraction of sp³-hybridized carbons (Fsp3) is 0.294. The van der Waals surface area contributed by atoms with Gasteiger partial charge in [-0.05, 0) is 86.6 Å². The third-order valence-electron chi connectivity index (χ3n) is 7.94. The van der Waals surface area contributed by atoms with Crippen LogP contribution in [0.3, 0.4) is 0 Å². The molecular formula is C34H34ClFN6O.